The number of hydrogen-bond acceptors (Lipinski definition) is 8. The lowest BCUT2D eigenvalue weighted by Crippen LogP contribution is -2.51. The molecular weight excluding hydrogens is 753 g/mol. The third-order valence-electron chi connectivity index (χ3n) is 12.1. The second-order valence-corrected chi connectivity index (χ2v) is 17.2. The summed E-state index contributed by atoms with van der Waals surface area (Å²) in [6.07, 6.45) is 1.40. The molecule has 5 N–H and O–H groups in total. The van der Waals surface area contributed by atoms with Crippen molar-refractivity contribution < 1.29 is 33.8 Å². The minimum absolute atomic E-state index is 0.135. The molecule has 310 valence electrons. The van der Waals surface area contributed by atoms with Gasteiger partial charge in [-0.1, -0.05) is 59.7 Å². The average Bonchev–Trinajstić information content (AvgIpc) is 4.02. The van der Waals surface area contributed by atoms with Crippen LogP contribution in [0.15, 0.2) is 48.7 Å². The second kappa shape index (κ2) is 15.6. The Bertz CT molecular complexity index is 2460. The molecule has 3 aromatic carbocycles. The summed E-state index contributed by atoms with van der Waals surface area (Å²) >= 11 is 0. The number of hydrogen-bond donors (Lipinski definition) is 5. The topological polar surface area (TPSA) is 195 Å². The number of rotatable bonds is 9. The number of ether oxygens (including phenoxy) is 2. The minimum Gasteiger partial charge on any atom is -0.488 e. The van der Waals surface area contributed by atoms with Gasteiger partial charge in [-0.2, -0.15) is 0 Å². The monoisotopic (exact) mass is 804 g/mol. The van der Waals surface area contributed by atoms with Crippen LogP contribution in [0.2, 0.25) is 0 Å². The number of carbonyl (C=O) groups excluding carboxylic acids is 3. The molecule has 2 fully saturated rings. The van der Waals surface area contributed by atoms with E-state index in [0.29, 0.717) is 31.3 Å². The van der Waals surface area contributed by atoms with Gasteiger partial charge in [-0.3, -0.25) is 9.59 Å². The van der Waals surface area contributed by atoms with Crippen LogP contribution in [0.1, 0.15) is 83.7 Å². The zero-order valence-electron chi connectivity index (χ0n) is 34.5. The van der Waals surface area contributed by atoms with Crippen LogP contribution in [0.3, 0.4) is 0 Å². The van der Waals surface area contributed by atoms with E-state index in [1.165, 1.54) is 7.11 Å². The second-order valence-electron chi connectivity index (χ2n) is 17.2. The number of imidazole rings is 2. The molecule has 0 saturated carbocycles. The number of benzene rings is 3. The Hall–Kier alpha value is -6.12. The zero-order valence-corrected chi connectivity index (χ0v) is 34.5. The third kappa shape index (κ3) is 7.42. The maximum atomic E-state index is 13.9. The number of carbonyl (C=O) groups is 4. The number of nitrogens with one attached hydrogen (secondary N) is 4. The first-order valence-corrected chi connectivity index (χ1v) is 20.4. The van der Waals surface area contributed by atoms with Crippen molar-refractivity contribution in [2.24, 2.45) is 23.7 Å². The molecule has 4 amide bonds. The molecule has 6 atom stereocenters. The van der Waals surface area contributed by atoms with E-state index in [1.54, 1.807) is 11.1 Å². The number of fused-ring (bicyclic) bond motifs is 6. The quantitative estimate of drug-likeness (QED) is 0.103. The molecule has 5 heterocycles. The molecule has 3 aliphatic rings. The third-order valence-corrected chi connectivity index (χ3v) is 12.1. The maximum absolute atomic E-state index is 13.9. The molecule has 15 heteroatoms. The average molecular weight is 805 g/mol. The number of amides is 4. The number of nitrogens with zero attached hydrogens (tertiary/aromatic N) is 4. The predicted octanol–water partition coefficient (Wildman–Crippen LogP) is 7.16. The lowest BCUT2D eigenvalue weighted by molar-refractivity contribution is -0.136. The molecule has 1 unspecified atom stereocenters. The summed E-state index contributed by atoms with van der Waals surface area (Å²) < 4.78 is 11.2. The van der Waals surface area contributed by atoms with E-state index < -0.39 is 24.3 Å². The Morgan fingerprint density at radius 3 is 2.15 bits per heavy atom. The van der Waals surface area contributed by atoms with Gasteiger partial charge in [0.15, 0.2) is 0 Å². The van der Waals surface area contributed by atoms with E-state index in [1.807, 2.05) is 38.7 Å². The highest BCUT2D eigenvalue weighted by molar-refractivity contribution is 6.07. The highest BCUT2D eigenvalue weighted by Crippen LogP contribution is 2.44. The molecule has 2 aromatic heterocycles. The largest absolute Gasteiger partial charge is 0.488 e. The molecule has 0 aliphatic carbocycles. The van der Waals surface area contributed by atoms with Crippen molar-refractivity contribution in [3.8, 4) is 28.1 Å². The van der Waals surface area contributed by atoms with E-state index >= 15 is 0 Å². The first-order valence-electron chi connectivity index (χ1n) is 20.4. The van der Waals surface area contributed by atoms with Crippen molar-refractivity contribution >= 4 is 45.8 Å². The molecule has 5 aromatic rings. The summed E-state index contributed by atoms with van der Waals surface area (Å²) in [6.45, 7) is 13.1. The Morgan fingerprint density at radius 2 is 1.51 bits per heavy atom. The van der Waals surface area contributed by atoms with Crippen molar-refractivity contribution in [3.05, 3.63) is 65.9 Å². The summed E-state index contributed by atoms with van der Waals surface area (Å²) in [5.41, 5.74) is 6.50. The lowest BCUT2D eigenvalue weighted by atomic mass is 9.92. The Labute approximate surface area is 342 Å². The summed E-state index contributed by atoms with van der Waals surface area (Å²) in [5.74, 6) is 1.88. The smallest absolute Gasteiger partial charge is 0.407 e. The van der Waals surface area contributed by atoms with Gasteiger partial charge >= 0.3 is 12.2 Å². The lowest BCUT2D eigenvalue weighted by Gasteiger charge is -2.30. The minimum atomic E-state index is -1.22. The maximum Gasteiger partial charge on any atom is 0.407 e. The van der Waals surface area contributed by atoms with Crippen LogP contribution < -0.4 is 15.4 Å². The highest BCUT2D eigenvalue weighted by Gasteiger charge is 2.42. The fourth-order valence-corrected chi connectivity index (χ4v) is 9.08. The van der Waals surface area contributed by atoms with E-state index in [-0.39, 0.29) is 47.6 Å². The summed E-state index contributed by atoms with van der Waals surface area (Å²) in [7, 11) is 1.29. The van der Waals surface area contributed by atoms with Gasteiger partial charge < -0.3 is 45.0 Å². The van der Waals surface area contributed by atoms with Crippen LogP contribution in [0, 0.1) is 23.7 Å². The van der Waals surface area contributed by atoms with Gasteiger partial charge in [0, 0.05) is 24.0 Å². The zero-order chi connectivity index (χ0) is 41.9. The van der Waals surface area contributed by atoms with Gasteiger partial charge in [0.1, 0.15) is 36.1 Å². The van der Waals surface area contributed by atoms with E-state index in [4.69, 9.17) is 19.4 Å². The van der Waals surface area contributed by atoms with Gasteiger partial charge in [-0.15, -0.1) is 0 Å². The summed E-state index contributed by atoms with van der Waals surface area (Å²) in [6, 6.07) is 12.4. The fraction of sp³-hybridized carbons (Fsp3) is 0.455. The first-order chi connectivity index (χ1) is 28.2. The number of likely N-dealkylation sites (tertiary alicyclic amines) is 2. The molecule has 3 aliphatic heterocycles. The highest BCUT2D eigenvalue weighted by atomic mass is 16.5. The SMILES string of the molecule is COC(=O)N[C@H](C(=O)N1C[C@@H](C)C[C@H]1c1nc2c(ccc3cc4c(cc32)OCc2cc(-c3cnc([C@@H]5CC(C)CN5C(=O)[C@@H](NC(=O)O)C(C)C)[nH]3)ccc2-4)[nH]1)C(C)C. The van der Waals surface area contributed by atoms with Crippen LogP contribution in [0.25, 0.3) is 44.2 Å². The van der Waals surface area contributed by atoms with Gasteiger partial charge in [0.05, 0.1) is 42.1 Å². The van der Waals surface area contributed by atoms with Crippen LogP contribution in [-0.4, -0.2) is 91.1 Å². The van der Waals surface area contributed by atoms with Crippen LogP contribution in [0.4, 0.5) is 9.59 Å². The molecule has 0 spiro atoms. The predicted molar refractivity (Wildman–Crippen MR) is 221 cm³/mol. The van der Waals surface area contributed by atoms with Gasteiger partial charge in [-0.05, 0) is 82.9 Å². The van der Waals surface area contributed by atoms with Crippen molar-refractivity contribution in [2.45, 2.75) is 85.2 Å². The number of H-pyrrole nitrogens is 2. The number of methoxy groups -OCH3 is 1. The number of alkyl carbamates (subject to hydrolysis) is 1. The van der Waals surface area contributed by atoms with Crippen LogP contribution in [-0.2, 0) is 20.9 Å². The van der Waals surface area contributed by atoms with Crippen molar-refractivity contribution in [1.29, 1.82) is 0 Å². The number of aromatic nitrogens is 4. The summed E-state index contributed by atoms with van der Waals surface area (Å²) in [5, 5.41) is 16.5. The normalized spacial score (nSPS) is 21.0. The Morgan fingerprint density at radius 1 is 0.847 bits per heavy atom. The fourth-order valence-electron chi connectivity index (χ4n) is 9.08. The van der Waals surface area contributed by atoms with Crippen LogP contribution in [0.5, 0.6) is 5.75 Å². The van der Waals surface area contributed by atoms with E-state index in [9.17, 15) is 24.3 Å². The number of aromatic amines is 2. The first kappa shape index (κ1) is 39.7. The Balaban J connectivity index is 1.05. The Kier molecular flexibility index (Phi) is 10.5. The molecule has 59 heavy (non-hydrogen) atoms. The molecule has 8 rings (SSSR count). The van der Waals surface area contributed by atoms with Gasteiger partial charge in [-0.25, -0.2) is 19.6 Å². The molecule has 2 saturated heterocycles. The molecule has 0 radical (unpaired) electrons. The van der Waals surface area contributed by atoms with Crippen LogP contribution >= 0.6 is 0 Å². The molecule has 0 bridgehead atoms. The standard InChI is InChI=1S/C44H52N8O7/c1-21(2)36(49-43(55)56)41(53)51-18-23(5)12-33(51)39-45-17-32(47-39)26-8-10-28-27(14-26)20-59-35-16-29-25(15-30(28)35)9-11-31-38(29)48-40(46-31)34-13-24(6)19-52(34)42(54)37(22(3)4)50-44(57)58-7/h8-11,14-17,21-24,33-34,36-37,49H,12-13,18-20H2,1-7H3,(H,45,47)(H,46,48)(H,50,57)(H,55,56)/t23?,24-,33-,34-,36-,37-/m0/s1. The molecule has 15 nitrogen and oxygen atoms in total. The van der Waals surface area contributed by atoms with E-state index in [0.717, 1.165) is 68.3 Å². The van der Waals surface area contributed by atoms with Crippen molar-refractivity contribution in [2.75, 3.05) is 20.2 Å². The van der Waals surface area contributed by atoms with Gasteiger partial charge in [0.25, 0.3) is 0 Å². The summed E-state index contributed by atoms with van der Waals surface area (Å²) in [4.78, 5) is 71.5. The van der Waals surface area contributed by atoms with Crippen molar-refractivity contribution in [1.82, 2.24) is 40.4 Å². The number of carboxylic acid groups (broad SMARTS) is 1. The van der Waals surface area contributed by atoms with Crippen molar-refractivity contribution in [3.63, 3.8) is 0 Å². The van der Waals surface area contributed by atoms with E-state index in [2.05, 4.69) is 70.8 Å². The van der Waals surface area contributed by atoms with Gasteiger partial charge in [0.2, 0.25) is 11.8 Å². The molecular formula is C44H52N8O7.